The van der Waals surface area contributed by atoms with Crippen molar-refractivity contribution in [2.24, 2.45) is 11.7 Å². The van der Waals surface area contributed by atoms with Crippen LogP contribution in [0.25, 0.3) is 11.1 Å². The van der Waals surface area contributed by atoms with Crippen molar-refractivity contribution in [3.63, 3.8) is 0 Å². The van der Waals surface area contributed by atoms with Gasteiger partial charge in [0.15, 0.2) is 0 Å². The largest absolute Gasteiger partial charge is 0.408 e. The van der Waals surface area contributed by atoms with Crippen LogP contribution in [-0.4, -0.2) is 34.6 Å². The van der Waals surface area contributed by atoms with Gasteiger partial charge in [-0.3, -0.25) is 14.7 Å². The van der Waals surface area contributed by atoms with Crippen LogP contribution >= 0.6 is 0 Å². The Morgan fingerprint density at radius 3 is 2.31 bits per heavy atom. The number of amides is 1. The number of rotatable bonds is 8. The lowest BCUT2D eigenvalue weighted by molar-refractivity contribution is -0.192. The molecule has 0 unspecified atom stereocenters. The van der Waals surface area contributed by atoms with E-state index >= 15 is 0 Å². The van der Waals surface area contributed by atoms with Gasteiger partial charge in [0.2, 0.25) is 5.91 Å². The minimum absolute atomic E-state index is 0.0598. The lowest BCUT2D eigenvalue weighted by Gasteiger charge is -2.37. The second-order valence-corrected chi connectivity index (χ2v) is 7.19. The fraction of sp³-hybridized carbons (Fsp3) is 0.381. The summed E-state index contributed by atoms with van der Waals surface area (Å²) in [5, 5.41) is 9.14. The van der Waals surface area contributed by atoms with Gasteiger partial charge in [0.05, 0.1) is 18.7 Å². The fourth-order valence-electron chi connectivity index (χ4n) is 3.28. The Bertz CT molecular complexity index is 845. The number of nitrogens with two attached hydrogens (primary N) is 1. The average molecular weight is 404 g/mol. The quantitative estimate of drug-likeness (QED) is 0.672. The fourth-order valence-corrected chi connectivity index (χ4v) is 3.28. The highest BCUT2D eigenvalue weighted by atomic mass is 19.4. The topological polar surface area (TPSA) is 83.0 Å². The second kappa shape index (κ2) is 9.52. The van der Waals surface area contributed by atoms with Crippen LogP contribution in [0.15, 0.2) is 48.8 Å². The molecule has 2 N–H and O–H groups in total. The van der Waals surface area contributed by atoms with Crippen molar-refractivity contribution < 1.29 is 18.0 Å². The van der Waals surface area contributed by atoms with Crippen molar-refractivity contribution in [1.82, 2.24) is 9.88 Å². The zero-order valence-corrected chi connectivity index (χ0v) is 16.2. The van der Waals surface area contributed by atoms with Crippen LogP contribution in [0.4, 0.5) is 13.2 Å². The smallest absolute Gasteiger partial charge is 0.368 e. The number of nitrogens with zero attached hydrogens (tertiary/aromatic N) is 3. The Kier molecular flexibility index (Phi) is 7.35. The summed E-state index contributed by atoms with van der Waals surface area (Å²) in [4.78, 5) is 16.8. The molecule has 5 nitrogen and oxygen atoms in total. The van der Waals surface area contributed by atoms with Gasteiger partial charge in [0, 0.05) is 12.4 Å². The molecular formula is C21H23F3N4O. The third-order valence-corrected chi connectivity index (χ3v) is 4.54. The van der Waals surface area contributed by atoms with Crippen molar-refractivity contribution in [3.05, 3.63) is 54.4 Å². The maximum absolute atomic E-state index is 14.1. The van der Waals surface area contributed by atoms with Crippen LogP contribution in [0.5, 0.6) is 0 Å². The highest BCUT2D eigenvalue weighted by Crippen LogP contribution is 2.40. The molecule has 2 atom stereocenters. The zero-order valence-electron chi connectivity index (χ0n) is 16.2. The minimum atomic E-state index is -4.70. The third-order valence-electron chi connectivity index (χ3n) is 4.54. The number of halogens is 3. The lowest BCUT2D eigenvalue weighted by Crippen LogP contribution is -2.51. The SMILES string of the molecule is CC(C)C[C@@H](C(N)=O)N(CC#N)[C@@H](c1ccc(-c2cccnc2)cc1)C(F)(F)F. The summed E-state index contributed by atoms with van der Waals surface area (Å²) >= 11 is 0. The van der Waals surface area contributed by atoms with E-state index in [1.54, 1.807) is 56.6 Å². The standard InChI is InChI=1S/C21H23F3N4O/c1-14(2)12-18(20(26)29)28(11-9-25)19(21(22,23)24)16-7-5-15(6-8-16)17-4-3-10-27-13-17/h3-8,10,13-14,18-19H,11-12H2,1-2H3,(H2,26,29)/t18-,19-/m0/s1. The number of aromatic nitrogens is 1. The summed E-state index contributed by atoms with van der Waals surface area (Å²) in [6, 6.07) is 7.80. The molecule has 0 saturated carbocycles. The molecule has 2 aromatic rings. The van der Waals surface area contributed by atoms with E-state index in [4.69, 9.17) is 11.0 Å². The Balaban J connectivity index is 2.48. The number of carbonyl (C=O) groups excluding carboxylic acids is 1. The molecule has 0 aliphatic carbocycles. The van der Waals surface area contributed by atoms with E-state index < -0.39 is 30.7 Å². The molecule has 0 spiro atoms. The second-order valence-electron chi connectivity index (χ2n) is 7.19. The van der Waals surface area contributed by atoms with E-state index in [-0.39, 0.29) is 17.9 Å². The van der Waals surface area contributed by atoms with Crippen LogP contribution in [0.1, 0.15) is 31.9 Å². The van der Waals surface area contributed by atoms with Gasteiger partial charge in [0.25, 0.3) is 0 Å². The predicted octanol–water partition coefficient (Wildman–Crippen LogP) is 4.08. The van der Waals surface area contributed by atoms with Crippen molar-refractivity contribution in [3.8, 4) is 17.2 Å². The van der Waals surface area contributed by atoms with Gasteiger partial charge in [-0.05, 0) is 35.1 Å². The summed E-state index contributed by atoms with van der Waals surface area (Å²) in [6.45, 7) is 2.99. The molecule has 1 aromatic heterocycles. The van der Waals surface area contributed by atoms with Crippen molar-refractivity contribution in [2.75, 3.05) is 6.54 Å². The number of carbonyl (C=O) groups is 1. The maximum Gasteiger partial charge on any atom is 0.408 e. The Morgan fingerprint density at radius 1 is 1.21 bits per heavy atom. The molecule has 29 heavy (non-hydrogen) atoms. The Morgan fingerprint density at radius 2 is 1.86 bits per heavy atom. The first kappa shape index (κ1) is 22.4. The summed E-state index contributed by atoms with van der Waals surface area (Å²) in [6.07, 6.45) is -1.35. The molecule has 0 aliphatic heterocycles. The molecular weight excluding hydrogens is 381 g/mol. The molecule has 2 rings (SSSR count). The van der Waals surface area contributed by atoms with Gasteiger partial charge in [0.1, 0.15) is 6.04 Å². The van der Waals surface area contributed by atoms with E-state index in [1.807, 2.05) is 0 Å². The highest BCUT2D eigenvalue weighted by molar-refractivity contribution is 5.80. The lowest BCUT2D eigenvalue weighted by atomic mass is 9.95. The number of benzene rings is 1. The number of pyridine rings is 1. The average Bonchev–Trinajstić information content (AvgIpc) is 2.66. The van der Waals surface area contributed by atoms with Gasteiger partial charge in [-0.25, -0.2) is 0 Å². The first-order valence-electron chi connectivity index (χ1n) is 9.14. The molecule has 1 amide bonds. The molecule has 0 fully saturated rings. The molecule has 0 aliphatic rings. The molecule has 1 heterocycles. The minimum Gasteiger partial charge on any atom is -0.368 e. The molecule has 0 radical (unpaired) electrons. The molecule has 1 aromatic carbocycles. The summed E-state index contributed by atoms with van der Waals surface area (Å²) in [5.74, 6) is -0.953. The van der Waals surface area contributed by atoms with Gasteiger partial charge in [-0.1, -0.05) is 44.2 Å². The number of nitriles is 1. The summed E-state index contributed by atoms with van der Waals surface area (Å²) in [5.41, 5.74) is 6.83. The predicted molar refractivity (Wildman–Crippen MR) is 103 cm³/mol. The van der Waals surface area contributed by atoms with Crippen LogP contribution in [0.3, 0.4) is 0 Å². The third kappa shape index (κ3) is 5.78. The van der Waals surface area contributed by atoms with E-state index in [2.05, 4.69) is 4.98 Å². The van der Waals surface area contributed by atoms with Crippen LogP contribution in [-0.2, 0) is 4.79 Å². The van der Waals surface area contributed by atoms with Gasteiger partial charge in [-0.2, -0.15) is 18.4 Å². The first-order chi connectivity index (χ1) is 13.6. The van der Waals surface area contributed by atoms with Gasteiger partial charge >= 0.3 is 6.18 Å². The molecule has 0 bridgehead atoms. The van der Waals surface area contributed by atoms with E-state index in [0.717, 1.165) is 10.5 Å². The van der Waals surface area contributed by atoms with Crippen LogP contribution in [0.2, 0.25) is 0 Å². The maximum atomic E-state index is 14.1. The number of hydrogen-bond acceptors (Lipinski definition) is 4. The zero-order chi connectivity index (χ0) is 21.6. The van der Waals surface area contributed by atoms with Crippen molar-refractivity contribution in [1.29, 1.82) is 5.26 Å². The summed E-state index contributed by atoms with van der Waals surface area (Å²) in [7, 11) is 0. The van der Waals surface area contributed by atoms with Gasteiger partial charge < -0.3 is 5.73 Å². The van der Waals surface area contributed by atoms with E-state index in [1.165, 1.54) is 12.1 Å². The number of alkyl halides is 3. The molecule has 154 valence electrons. The van der Waals surface area contributed by atoms with Crippen molar-refractivity contribution in [2.45, 2.75) is 38.5 Å². The van der Waals surface area contributed by atoms with Crippen LogP contribution < -0.4 is 5.73 Å². The normalized spacial score (nSPS) is 13.9. The van der Waals surface area contributed by atoms with Crippen molar-refractivity contribution >= 4 is 5.91 Å². The number of primary amides is 1. The molecule has 0 saturated heterocycles. The van der Waals surface area contributed by atoms with E-state index in [0.29, 0.717) is 5.56 Å². The monoisotopic (exact) mass is 404 g/mol. The van der Waals surface area contributed by atoms with Gasteiger partial charge in [-0.15, -0.1) is 0 Å². The van der Waals surface area contributed by atoms with E-state index in [9.17, 15) is 18.0 Å². The number of hydrogen-bond donors (Lipinski definition) is 1. The highest BCUT2D eigenvalue weighted by Gasteiger charge is 2.47. The van der Waals surface area contributed by atoms with Crippen LogP contribution in [0, 0.1) is 17.2 Å². The Labute approximate surface area is 168 Å². The molecule has 8 heteroatoms. The first-order valence-corrected chi connectivity index (χ1v) is 9.14. The summed E-state index contributed by atoms with van der Waals surface area (Å²) < 4.78 is 42.2. The Hall–Kier alpha value is -2.92.